The summed E-state index contributed by atoms with van der Waals surface area (Å²) in [7, 11) is 3.77. The Balaban J connectivity index is 3.67. The van der Waals surface area contributed by atoms with Crippen molar-refractivity contribution in [2.75, 3.05) is 14.2 Å². The summed E-state index contributed by atoms with van der Waals surface area (Å²) in [5.74, 6) is 0.782. The number of ether oxygens (including phenoxy) is 1. The molecule has 0 aliphatic carbocycles. The first-order valence-corrected chi connectivity index (χ1v) is 4.81. The van der Waals surface area contributed by atoms with Crippen LogP contribution in [0.15, 0.2) is 0 Å². The lowest BCUT2D eigenvalue weighted by Crippen LogP contribution is -2.37. The maximum atomic E-state index is 5.27. The van der Waals surface area contributed by atoms with Gasteiger partial charge in [0, 0.05) is 13.2 Å². The van der Waals surface area contributed by atoms with Gasteiger partial charge in [0.1, 0.15) is 0 Å². The molecular weight excluding hydrogens is 150 g/mol. The van der Waals surface area contributed by atoms with E-state index in [0.717, 1.165) is 5.92 Å². The molecule has 0 rings (SSSR count). The van der Waals surface area contributed by atoms with Crippen LogP contribution in [0.4, 0.5) is 0 Å². The number of rotatable bonds is 6. The van der Waals surface area contributed by atoms with Gasteiger partial charge in [-0.15, -0.1) is 0 Å². The van der Waals surface area contributed by atoms with Crippen molar-refractivity contribution in [3.8, 4) is 0 Å². The predicted octanol–water partition coefficient (Wildman–Crippen LogP) is 2.05. The molecule has 0 radical (unpaired) electrons. The van der Waals surface area contributed by atoms with Gasteiger partial charge in [0.15, 0.2) is 0 Å². The minimum atomic E-state index is 0.314. The first-order valence-electron chi connectivity index (χ1n) is 4.81. The average molecular weight is 173 g/mol. The third kappa shape index (κ3) is 4.73. The van der Waals surface area contributed by atoms with Crippen molar-refractivity contribution in [1.29, 1.82) is 0 Å². The first-order chi connectivity index (χ1) is 5.61. The molecule has 0 amide bonds. The Morgan fingerprint density at radius 1 is 1.17 bits per heavy atom. The van der Waals surface area contributed by atoms with Gasteiger partial charge in [-0.05, 0) is 32.7 Å². The van der Waals surface area contributed by atoms with Gasteiger partial charge in [-0.2, -0.15) is 0 Å². The Morgan fingerprint density at radius 3 is 2.08 bits per heavy atom. The van der Waals surface area contributed by atoms with Crippen molar-refractivity contribution in [3.63, 3.8) is 0 Å². The smallest absolute Gasteiger partial charge is 0.0696 e. The summed E-state index contributed by atoms with van der Waals surface area (Å²) < 4.78 is 5.27. The van der Waals surface area contributed by atoms with Crippen LogP contribution in [0.1, 0.15) is 33.6 Å². The van der Waals surface area contributed by atoms with Gasteiger partial charge in [-0.1, -0.05) is 13.8 Å². The third-order valence-corrected chi connectivity index (χ3v) is 2.36. The van der Waals surface area contributed by atoms with Crippen molar-refractivity contribution >= 4 is 0 Å². The fourth-order valence-electron chi connectivity index (χ4n) is 1.29. The Hall–Kier alpha value is -0.0800. The number of nitrogens with one attached hydrogen (secondary N) is 1. The molecule has 2 atom stereocenters. The van der Waals surface area contributed by atoms with Crippen LogP contribution in [0.5, 0.6) is 0 Å². The molecule has 0 spiro atoms. The lowest BCUT2D eigenvalue weighted by atomic mass is 10.0. The van der Waals surface area contributed by atoms with Crippen LogP contribution in [-0.2, 0) is 4.74 Å². The molecule has 0 heterocycles. The fraction of sp³-hybridized carbons (Fsp3) is 1.00. The second kappa shape index (κ2) is 6.44. The topological polar surface area (TPSA) is 21.3 Å². The minimum Gasteiger partial charge on any atom is -0.380 e. The van der Waals surface area contributed by atoms with Crippen molar-refractivity contribution in [2.24, 2.45) is 5.92 Å². The number of hydrogen-bond donors (Lipinski definition) is 1. The van der Waals surface area contributed by atoms with E-state index in [4.69, 9.17) is 4.74 Å². The maximum Gasteiger partial charge on any atom is 0.0696 e. The van der Waals surface area contributed by atoms with Crippen LogP contribution >= 0.6 is 0 Å². The summed E-state index contributed by atoms with van der Waals surface area (Å²) in [6.07, 6.45) is 2.77. The molecule has 0 aromatic rings. The van der Waals surface area contributed by atoms with E-state index in [1.165, 1.54) is 12.8 Å². The van der Waals surface area contributed by atoms with E-state index in [-0.39, 0.29) is 0 Å². The Bertz CT molecular complexity index is 104. The maximum absolute atomic E-state index is 5.27. The van der Waals surface area contributed by atoms with Crippen LogP contribution in [0.25, 0.3) is 0 Å². The van der Waals surface area contributed by atoms with Crippen molar-refractivity contribution in [2.45, 2.75) is 45.8 Å². The Kier molecular flexibility index (Phi) is 6.39. The molecule has 0 aliphatic heterocycles. The molecule has 0 fully saturated rings. The highest BCUT2D eigenvalue weighted by Gasteiger charge is 2.14. The first kappa shape index (κ1) is 11.9. The van der Waals surface area contributed by atoms with Crippen LogP contribution in [0, 0.1) is 5.92 Å². The molecule has 0 aromatic carbocycles. The number of likely N-dealkylation sites (N-methyl/N-ethyl adjacent to an activating group) is 1. The van der Waals surface area contributed by atoms with Crippen LogP contribution < -0.4 is 5.32 Å². The second-order valence-corrected chi connectivity index (χ2v) is 3.81. The molecule has 74 valence electrons. The van der Waals surface area contributed by atoms with Gasteiger partial charge in [0.2, 0.25) is 0 Å². The van der Waals surface area contributed by atoms with E-state index in [9.17, 15) is 0 Å². The summed E-state index contributed by atoms with van der Waals surface area (Å²) in [6.45, 7) is 6.62. The molecule has 2 unspecified atom stereocenters. The van der Waals surface area contributed by atoms with Gasteiger partial charge < -0.3 is 10.1 Å². The molecule has 12 heavy (non-hydrogen) atoms. The highest BCUT2D eigenvalue weighted by Crippen LogP contribution is 2.10. The van der Waals surface area contributed by atoms with Crippen molar-refractivity contribution in [3.05, 3.63) is 0 Å². The largest absolute Gasteiger partial charge is 0.380 e. The molecular formula is C10H23NO. The summed E-state index contributed by atoms with van der Waals surface area (Å²) in [5.41, 5.74) is 0. The van der Waals surface area contributed by atoms with Crippen molar-refractivity contribution < 1.29 is 4.74 Å². The molecule has 2 nitrogen and oxygen atoms in total. The number of hydrogen-bond acceptors (Lipinski definition) is 2. The Morgan fingerprint density at radius 2 is 1.75 bits per heavy atom. The zero-order valence-corrected chi connectivity index (χ0v) is 9.05. The lowest BCUT2D eigenvalue weighted by Gasteiger charge is -2.22. The third-order valence-electron chi connectivity index (χ3n) is 2.36. The predicted molar refractivity (Wildman–Crippen MR) is 53.4 cm³/mol. The normalized spacial score (nSPS) is 16.5. The van der Waals surface area contributed by atoms with E-state index < -0.39 is 0 Å². The van der Waals surface area contributed by atoms with Crippen LogP contribution in [0.2, 0.25) is 0 Å². The Labute approximate surface area is 76.7 Å². The molecule has 1 N–H and O–H groups in total. The average Bonchev–Trinajstić information content (AvgIpc) is 2.04. The molecule has 0 aliphatic rings. The van der Waals surface area contributed by atoms with Crippen LogP contribution in [0.3, 0.4) is 0 Å². The standard InChI is InChI=1S/C10H23NO/c1-8(2)6-7-10(11-4)9(3)12-5/h8-11H,6-7H2,1-5H3. The molecule has 0 saturated heterocycles. The summed E-state index contributed by atoms with van der Waals surface area (Å²) in [4.78, 5) is 0. The highest BCUT2D eigenvalue weighted by molar-refractivity contribution is 4.71. The summed E-state index contributed by atoms with van der Waals surface area (Å²) in [5, 5.41) is 3.28. The zero-order valence-electron chi connectivity index (χ0n) is 9.05. The summed E-state index contributed by atoms with van der Waals surface area (Å²) in [6, 6.07) is 0.498. The highest BCUT2D eigenvalue weighted by atomic mass is 16.5. The molecule has 0 saturated carbocycles. The zero-order chi connectivity index (χ0) is 9.56. The summed E-state index contributed by atoms with van der Waals surface area (Å²) >= 11 is 0. The SMILES string of the molecule is CNC(CCC(C)C)C(C)OC. The van der Waals surface area contributed by atoms with E-state index in [2.05, 4.69) is 26.1 Å². The quantitative estimate of drug-likeness (QED) is 0.663. The second-order valence-electron chi connectivity index (χ2n) is 3.81. The van der Waals surface area contributed by atoms with E-state index in [0.29, 0.717) is 12.1 Å². The van der Waals surface area contributed by atoms with Gasteiger partial charge >= 0.3 is 0 Å². The van der Waals surface area contributed by atoms with Gasteiger partial charge in [0.25, 0.3) is 0 Å². The molecule has 2 heteroatoms. The fourth-order valence-corrected chi connectivity index (χ4v) is 1.29. The van der Waals surface area contributed by atoms with E-state index in [1.807, 2.05) is 7.05 Å². The van der Waals surface area contributed by atoms with Gasteiger partial charge in [-0.25, -0.2) is 0 Å². The number of methoxy groups -OCH3 is 1. The van der Waals surface area contributed by atoms with Gasteiger partial charge in [-0.3, -0.25) is 0 Å². The molecule has 0 aromatic heterocycles. The van der Waals surface area contributed by atoms with Crippen LogP contribution in [-0.4, -0.2) is 26.3 Å². The van der Waals surface area contributed by atoms with E-state index in [1.54, 1.807) is 7.11 Å². The monoisotopic (exact) mass is 173 g/mol. The van der Waals surface area contributed by atoms with E-state index >= 15 is 0 Å². The van der Waals surface area contributed by atoms with Crippen molar-refractivity contribution in [1.82, 2.24) is 5.32 Å². The lowest BCUT2D eigenvalue weighted by molar-refractivity contribution is 0.0808. The minimum absolute atomic E-state index is 0.314. The molecule has 0 bridgehead atoms. The van der Waals surface area contributed by atoms with Gasteiger partial charge in [0.05, 0.1) is 6.10 Å².